The SMILES string of the molecule is COCCCC(N)C(=O)NC(C)Cc1ccc(F)cc1. The van der Waals surface area contributed by atoms with Crippen molar-refractivity contribution in [1.82, 2.24) is 5.32 Å². The van der Waals surface area contributed by atoms with E-state index in [0.717, 1.165) is 12.0 Å². The van der Waals surface area contributed by atoms with Crippen LogP contribution in [0, 0.1) is 5.82 Å². The minimum absolute atomic E-state index is 0.0403. The Morgan fingerprint density at radius 3 is 2.65 bits per heavy atom. The van der Waals surface area contributed by atoms with Gasteiger partial charge >= 0.3 is 0 Å². The Hall–Kier alpha value is -1.46. The number of nitrogens with two attached hydrogens (primary N) is 1. The Balaban J connectivity index is 2.35. The van der Waals surface area contributed by atoms with E-state index in [9.17, 15) is 9.18 Å². The third-order valence-corrected chi connectivity index (χ3v) is 3.04. The fraction of sp³-hybridized carbons (Fsp3) is 0.533. The van der Waals surface area contributed by atoms with Crippen molar-refractivity contribution in [2.75, 3.05) is 13.7 Å². The molecule has 1 aromatic carbocycles. The topological polar surface area (TPSA) is 64.3 Å². The molecule has 20 heavy (non-hydrogen) atoms. The lowest BCUT2D eigenvalue weighted by atomic mass is 10.1. The highest BCUT2D eigenvalue weighted by Crippen LogP contribution is 2.06. The van der Waals surface area contributed by atoms with Crippen LogP contribution in [0.3, 0.4) is 0 Å². The van der Waals surface area contributed by atoms with Crippen molar-refractivity contribution in [2.24, 2.45) is 5.73 Å². The van der Waals surface area contributed by atoms with Crippen LogP contribution in [0.15, 0.2) is 24.3 Å². The van der Waals surface area contributed by atoms with Gasteiger partial charge in [-0.15, -0.1) is 0 Å². The average molecular weight is 282 g/mol. The summed E-state index contributed by atoms with van der Waals surface area (Å²) in [6, 6.07) is 5.72. The number of ether oxygens (including phenoxy) is 1. The second kappa shape index (κ2) is 8.66. The van der Waals surface area contributed by atoms with Gasteiger partial charge in [0.25, 0.3) is 0 Å². The molecular formula is C15H23FN2O2. The molecule has 0 aliphatic heterocycles. The first-order valence-electron chi connectivity index (χ1n) is 6.82. The number of hydrogen-bond acceptors (Lipinski definition) is 3. The van der Waals surface area contributed by atoms with Gasteiger partial charge in [0.15, 0.2) is 0 Å². The van der Waals surface area contributed by atoms with Gasteiger partial charge in [0.1, 0.15) is 5.82 Å². The molecule has 0 spiro atoms. The normalized spacial score (nSPS) is 13.8. The average Bonchev–Trinajstić information content (AvgIpc) is 2.41. The Morgan fingerprint density at radius 2 is 2.05 bits per heavy atom. The molecule has 0 radical (unpaired) electrons. The van der Waals surface area contributed by atoms with Gasteiger partial charge in [-0.2, -0.15) is 0 Å². The summed E-state index contributed by atoms with van der Waals surface area (Å²) in [4.78, 5) is 11.9. The second-order valence-corrected chi connectivity index (χ2v) is 4.98. The lowest BCUT2D eigenvalue weighted by Crippen LogP contribution is -2.45. The van der Waals surface area contributed by atoms with E-state index in [4.69, 9.17) is 10.5 Å². The fourth-order valence-electron chi connectivity index (χ4n) is 1.95. The summed E-state index contributed by atoms with van der Waals surface area (Å²) < 4.78 is 17.7. The summed E-state index contributed by atoms with van der Waals surface area (Å²) in [7, 11) is 1.62. The predicted molar refractivity (Wildman–Crippen MR) is 76.8 cm³/mol. The van der Waals surface area contributed by atoms with Crippen LogP contribution in [-0.4, -0.2) is 31.7 Å². The van der Waals surface area contributed by atoms with Crippen LogP contribution < -0.4 is 11.1 Å². The van der Waals surface area contributed by atoms with E-state index in [2.05, 4.69) is 5.32 Å². The molecule has 0 bridgehead atoms. The van der Waals surface area contributed by atoms with Gasteiger partial charge in [-0.1, -0.05) is 12.1 Å². The lowest BCUT2D eigenvalue weighted by molar-refractivity contribution is -0.123. The molecule has 0 aliphatic carbocycles. The van der Waals surface area contributed by atoms with Crippen LogP contribution in [0.5, 0.6) is 0 Å². The van der Waals surface area contributed by atoms with Gasteiger partial charge < -0.3 is 15.8 Å². The number of hydrogen-bond donors (Lipinski definition) is 2. The molecule has 1 rings (SSSR count). The zero-order chi connectivity index (χ0) is 15.0. The van der Waals surface area contributed by atoms with Gasteiger partial charge in [-0.25, -0.2) is 4.39 Å². The van der Waals surface area contributed by atoms with Crippen molar-refractivity contribution < 1.29 is 13.9 Å². The number of carbonyl (C=O) groups excluding carboxylic acids is 1. The fourth-order valence-corrected chi connectivity index (χ4v) is 1.95. The highest BCUT2D eigenvalue weighted by Gasteiger charge is 2.15. The van der Waals surface area contributed by atoms with Gasteiger partial charge in [-0.3, -0.25) is 4.79 Å². The van der Waals surface area contributed by atoms with Gasteiger partial charge in [0, 0.05) is 19.8 Å². The quantitative estimate of drug-likeness (QED) is 0.712. The van der Waals surface area contributed by atoms with E-state index in [0.29, 0.717) is 19.4 Å². The molecule has 3 N–H and O–H groups in total. The molecule has 0 aliphatic rings. The predicted octanol–water partition coefficient (Wildman–Crippen LogP) is 1.63. The molecule has 112 valence electrons. The number of rotatable bonds is 8. The van der Waals surface area contributed by atoms with Gasteiger partial charge in [0.05, 0.1) is 6.04 Å². The minimum Gasteiger partial charge on any atom is -0.385 e. The van der Waals surface area contributed by atoms with Gasteiger partial charge in [0.2, 0.25) is 5.91 Å². The number of nitrogens with one attached hydrogen (secondary N) is 1. The maximum absolute atomic E-state index is 12.8. The molecule has 0 aromatic heterocycles. The van der Waals surface area contributed by atoms with Crippen LogP contribution >= 0.6 is 0 Å². The van der Waals surface area contributed by atoms with Crippen molar-refractivity contribution in [2.45, 2.75) is 38.3 Å². The van der Waals surface area contributed by atoms with Gasteiger partial charge in [-0.05, 0) is 43.9 Å². The van der Waals surface area contributed by atoms with E-state index >= 15 is 0 Å². The van der Waals surface area contributed by atoms with Crippen molar-refractivity contribution in [3.05, 3.63) is 35.6 Å². The summed E-state index contributed by atoms with van der Waals surface area (Å²) in [6.07, 6.45) is 2.01. The molecule has 0 saturated heterocycles. The summed E-state index contributed by atoms with van der Waals surface area (Å²) in [5.41, 5.74) is 6.78. The molecule has 4 nitrogen and oxygen atoms in total. The molecule has 2 unspecified atom stereocenters. The summed E-state index contributed by atoms with van der Waals surface area (Å²) in [6.45, 7) is 2.51. The van der Waals surface area contributed by atoms with Crippen molar-refractivity contribution in [1.29, 1.82) is 0 Å². The largest absolute Gasteiger partial charge is 0.385 e. The van der Waals surface area contributed by atoms with Crippen LogP contribution in [0.2, 0.25) is 0 Å². The molecule has 1 amide bonds. The number of methoxy groups -OCH3 is 1. The summed E-state index contributed by atoms with van der Waals surface area (Å²) >= 11 is 0. The Labute approximate surface area is 119 Å². The van der Waals surface area contributed by atoms with E-state index in [1.165, 1.54) is 12.1 Å². The smallest absolute Gasteiger partial charge is 0.237 e. The first-order valence-corrected chi connectivity index (χ1v) is 6.82. The first-order chi connectivity index (χ1) is 9.52. The Morgan fingerprint density at radius 1 is 1.40 bits per heavy atom. The highest BCUT2D eigenvalue weighted by atomic mass is 19.1. The minimum atomic E-state index is -0.513. The number of carbonyl (C=O) groups is 1. The zero-order valence-corrected chi connectivity index (χ0v) is 12.1. The van der Waals surface area contributed by atoms with Crippen LogP contribution in [0.1, 0.15) is 25.3 Å². The summed E-state index contributed by atoms with van der Waals surface area (Å²) in [5.74, 6) is -0.415. The molecule has 0 saturated carbocycles. The Kier molecular flexibility index (Phi) is 7.18. The van der Waals surface area contributed by atoms with Crippen LogP contribution in [0.4, 0.5) is 4.39 Å². The maximum atomic E-state index is 12.8. The standard InChI is InChI=1S/C15H23FN2O2/c1-11(10-12-5-7-13(16)8-6-12)18-15(19)14(17)4-3-9-20-2/h5-8,11,14H,3-4,9-10,17H2,1-2H3,(H,18,19). The van der Waals surface area contributed by atoms with Crippen molar-refractivity contribution in [3.63, 3.8) is 0 Å². The van der Waals surface area contributed by atoms with Crippen LogP contribution in [0.25, 0.3) is 0 Å². The molecular weight excluding hydrogens is 259 g/mol. The van der Waals surface area contributed by atoms with Crippen LogP contribution in [-0.2, 0) is 16.0 Å². The maximum Gasteiger partial charge on any atom is 0.237 e. The van der Waals surface area contributed by atoms with E-state index in [-0.39, 0.29) is 17.8 Å². The molecule has 0 heterocycles. The lowest BCUT2D eigenvalue weighted by Gasteiger charge is -2.17. The van der Waals surface area contributed by atoms with E-state index in [1.54, 1.807) is 19.2 Å². The van der Waals surface area contributed by atoms with Crippen molar-refractivity contribution in [3.8, 4) is 0 Å². The highest BCUT2D eigenvalue weighted by molar-refractivity contribution is 5.81. The molecule has 2 atom stereocenters. The zero-order valence-electron chi connectivity index (χ0n) is 12.1. The number of benzene rings is 1. The summed E-state index contributed by atoms with van der Waals surface area (Å²) in [5, 5.41) is 2.87. The Bertz CT molecular complexity index is 409. The van der Waals surface area contributed by atoms with E-state index in [1.807, 2.05) is 6.92 Å². The third kappa shape index (κ3) is 6.12. The first kappa shape index (κ1) is 16.6. The third-order valence-electron chi connectivity index (χ3n) is 3.04. The van der Waals surface area contributed by atoms with E-state index < -0.39 is 6.04 Å². The second-order valence-electron chi connectivity index (χ2n) is 4.98. The number of amides is 1. The molecule has 0 fully saturated rings. The molecule has 1 aromatic rings. The monoisotopic (exact) mass is 282 g/mol. The number of halogens is 1. The van der Waals surface area contributed by atoms with Crippen molar-refractivity contribution >= 4 is 5.91 Å². The molecule has 5 heteroatoms.